The van der Waals surface area contributed by atoms with Crippen molar-refractivity contribution in [3.05, 3.63) is 47.8 Å². The molecule has 1 amide bonds. The second kappa shape index (κ2) is 8.56. The number of rotatable bonds is 6. The number of nitrogens with one attached hydrogen (secondary N) is 2. The molecule has 1 aliphatic rings. The number of anilines is 1. The molecule has 0 spiro atoms. The van der Waals surface area contributed by atoms with Crippen molar-refractivity contribution < 1.29 is 9.59 Å². The Balaban J connectivity index is 1.68. The van der Waals surface area contributed by atoms with Crippen LogP contribution in [0.25, 0.3) is 16.9 Å². The van der Waals surface area contributed by atoms with E-state index in [1.54, 1.807) is 23.8 Å². The van der Waals surface area contributed by atoms with Gasteiger partial charge >= 0.3 is 0 Å². The number of hydrogen-bond donors (Lipinski definition) is 2. The summed E-state index contributed by atoms with van der Waals surface area (Å²) in [6, 6.07) is 9.59. The van der Waals surface area contributed by atoms with Crippen LogP contribution in [-0.4, -0.2) is 39.4 Å². The lowest BCUT2D eigenvalue weighted by atomic mass is 10.0. The molecular formula is C23H24N6O2. The van der Waals surface area contributed by atoms with Gasteiger partial charge in [0.05, 0.1) is 39.9 Å². The number of nitriles is 1. The van der Waals surface area contributed by atoms with Crippen LogP contribution in [0, 0.1) is 17.2 Å². The zero-order valence-electron chi connectivity index (χ0n) is 17.6. The van der Waals surface area contributed by atoms with Gasteiger partial charge in [-0.1, -0.05) is 6.92 Å². The molecule has 8 nitrogen and oxygen atoms in total. The minimum absolute atomic E-state index is 0.0837. The molecule has 31 heavy (non-hydrogen) atoms. The summed E-state index contributed by atoms with van der Waals surface area (Å²) in [7, 11) is 1.59. The first-order valence-corrected chi connectivity index (χ1v) is 10.4. The standard InChI is InChI=1S/C23H24N6O2/c1-3-22(30)15-4-5-16(9-15)28-19-10-20(26-13-18(19)23(31)25-2)21-7-6-17-8-14(11-24)12-27-29(17)21/h6-8,10,12-13,15-16H,3-5,9H2,1-2H3,(H,25,31)(H,26,28)/t15-,16-/m1/s1. The van der Waals surface area contributed by atoms with E-state index < -0.39 is 0 Å². The van der Waals surface area contributed by atoms with Crippen LogP contribution >= 0.6 is 0 Å². The normalized spacial score (nSPS) is 18.0. The number of aromatic nitrogens is 3. The van der Waals surface area contributed by atoms with Crippen molar-refractivity contribution in [3.63, 3.8) is 0 Å². The second-order valence-corrected chi connectivity index (χ2v) is 7.78. The maximum Gasteiger partial charge on any atom is 0.254 e. The fourth-order valence-corrected chi connectivity index (χ4v) is 4.20. The molecule has 2 atom stereocenters. The van der Waals surface area contributed by atoms with Gasteiger partial charge in [-0.2, -0.15) is 10.4 Å². The van der Waals surface area contributed by atoms with Gasteiger partial charge in [0.2, 0.25) is 0 Å². The molecule has 3 aromatic rings. The van der Waals surface area contributed by atoms with Crippen LogP contribution in [0.2, 0.25) is 0 Å². The maximum absolute atomic E-state index is 12.4. The van der Waals surface area contributed by atoms with Crippen LogP contribution in [0.1, 0.15) is 48.5 Å². The van der Waals surface area contributed by atoms with E-state index in [2.05, 4.69) is 26.8 Å². The summed E-state index contributed by atoms with van der Waals surface area (Å²) >= 11 is 0. The Bertz CT molecular complexity index is 1190. The third-order valence-electron chi connectivity index (χ3n) is 5.86. The highest BCUT2D eigenvalue weighted by molar-refractivity contribution is 5.99. The van der Waals surface area contributed by atoms with Gasteiger partial charge in [-0.3, -0.25) is 14.6 Å². The Morgan fingerprint density at radius 3 is 2.84 bits per heavy atom. The molecule has 8 heteroatoms. The van der Waals surface area contributed by atoms with Gasteiger partial charge in [0, 0.05) is 31.6 Å². The van der Waals surface area contributed by atoms with E-state index in [4.69, 9.17) is 5.26 Å². The van der Waals surface area contributed by atoms with E-state index in [0.29, 0.717) is 34.7 Å². The fourth-order valence-electron chi connectivity index (χ4n) is 4.20. The highest BCUT2D eigenvalue weighted by Crippen LogP contribution is 2.32. The van der Waals surface area contributed by atoms with Crippen molar-refractivity contribution in [2.75, 3.05) is 12.4 Å². The number of ketones is 1. The lowest BCUT2D eigenvalue weighted by Gasteiger charge is -2.18. The molecule has 1 saturated carbocycles. The summed E-state index contributed by atoms with van der Waals surface area (Å²) < 4.78 is 1.72. The molecule has 1 fully saturated rings. The topological polar surface area (TPSA) is 112 Å². The van der Waals surface area contributed by atoms with Crippen molar-refractivity contribution in [1.82, 2.24) is 19.9 Å². The van der Waals surface area contributed by atoms with Crippen molar-refractivity contribution in [1.29, 1.82) is 5.26 Å². The number of carbonyl (C=O) groups is 2. The Labute approximate surface area is 180 Å². The number of carbonyl (C=O) groups excluding carboxylic acids is 2. The van der Waals surface area contributed by atoms with Gasteiger partial charge < -0.3 is 10.6 Å². The molecule has 0 bridgehead atoms. The smallest absolute Gasteiger partial charge is 0.254 e. The number of nitrogens with zero attached hydrogens (tertiary/aromatic N) is 4. The summed E-state index contributed by atoms with van der Waals surface area (Å²) in [6.07, 6.45) is 6.15. The second-order valence-electron chi connectivity index (χ2n) is 7.78. The molecule has 0 aromatic carbocycles. The Morgan fingerprint density at radius 2 is 2.10 bits per heavy atom. The summed E-state index contributed by atoms with van der Waals surface area (Å²) in [5.74, 6) is 0.159. The van der Waals surface area contributed by atoms with Crippen LogP contribution in [0.4, 0.5) is 5.69 Å². The minimum Gasteiger partial charge on any atom is -0.382 e. The average Bonchev–Trinajstić information content (AvgIpc) is 3.44. The Hall–Kier alpha value is -3.73. The van der Waals surface area contributed by atoms with Gasteiger partial charge in [-0.05, 0) is 43.5 Å². The molecule has 1 aliphatic carbocycles. The van der Waals surface area contributed by atoms with Gasteiger partial charge in [0.25, 0.3) is 5.91 Å². The van der Waals surface area contributed by atoms with E-state index in [-0.39, 0.29) is 17.9 Å². The molecule has 158 valence electrons. The first-order valence-electron chi connectivity index (χ1n) is 10.4. The quantitative estimate of drug-likeness (QED) is 0.638. The first kappa shape index (κ1) is 20.5. The van der Waals surface area contributed by atoms with E-state index in [0.717, 1.165) is 30.5 Å². The molecule has 0 saturated heterocycles. The maximum atomic E-state index is 12.4. The third kappa shape index (κ3) is 3.99. The predicted molar refractivity (Wildman–Crippen MR) is 117 cm³/mol. The molecule has 3 aromatic heterocycles. The predicted octanol–water partition coefficient (Wildman–Crippen LogP) is 3.19. The summed E-state index contributed by atoms with van der Waals surface area (Å²) in [4.78, 5) is 29.0. The van der Waals surface area contributed by atoms with Crippen LogP contribution in [-0.2, 0) is 4.79 Å². The SMILES string of the molecule is CCC(=O)[C@@H]1CC[C@@H](Nc2cc(-c3ccc4cc(C#N)cnn34)ncc2C(=O)NC)C1. The minimum atomic E-state index is -0.225. The van der Waals surface area contributed by atoms with E-state index >= 15 is 0 Å². The van der Waals surface area contributed by atoms with Crippen LogP contribution < -0.4 is 10.6 Å². The Kier molecular flexibility index (Phi) is 5.67. The average molecular weight is 416 g/mol. The van der Waals surface area contributed by atoms with E-state index in [9.17, 15) is 9.59 Å². The van der Waals surface area contributed by atoms with Gasteiger partial charge in [-0.15, -0.1) is 0 Å². The first-order chi connectivity index (χ1) is 15.0. The fraction of sp³-hybridized carbons (Fsp3) is 0.348. The molecule has 3 heterocycles. The van der Waals surface area contributed by atoms with Crippen molar-refractivity contribution in [2.24, 2.45) is 5.92 Å². The van der Waals surface area contributed by atoms with Crippen molar-refractivity contribution in [2.45, 2.75) is 38.6 Å². The van der Waals surface area contributed by atoms with E-state index in [1.165, 1.54) is 6.20 Å². The lowest BCUT2D eigenvalue weighted by molar-refractivity contribution is -0.122. The monoisotopic (exact) mass is 416 g/mol. The Morgan fingerprint density at radius 1 is 1.26 bits per heavy atom. The molecular weight excluding hydrogens is 392 g/mol. The highest BCUT2D eigenvalue weighted by Gasteiger charge is 2.29. The van der Waals surface area contributed by atoms with Crippen LogP contribution in [0.3, 0.4) is 0 Å². The van der Waals surface area contributed by atoms with E-state index in [1.807, 2.05) is 25.1 Å². The number of pyridine rings is 1. The van der Waals surface area contributed by atoms with Crippen LogP contribution in [0.15, 0.2) is 36.7 Å². The zero-order chi connectivity index (χ0) is 22.0. The summed E-state index contributed by atoms with van der Waals surface area (Å²) in [5, 5.41) is 19.6. The molecule has 4 rings (SSSR count). The van der Waals surface area contributed by atoms with Crippen LogP contribution in [0.5, 0.6) is 0 Å². The number of amides is 1. The molecule has 0 unspecified atom stereocenters. The molecule has 0 radical (unpaired) electrons. The zero-order valence-corrected chi connectivity index (χ0v) is 17.6. The number of fused-ring (bicyclic) bond motifs is 1. The largest absolute Gasteiger partial charge is 0.382 e. The highest BCUT2D eigenvalue weighted by atomic mass is 16.1. The molecule has 0 aliphatic heterocycles. The summed E-state index contributed by atoms with van der Waals surface area (Å²) in [6.45, 7) is 1.90. The number of hydrogen-bond acceptors (Lipinski definition) is 6. The molecule has 2 N–H and O–H groups in total. The van der Waals surface area contributed by atoms with Crippen molar-refractivity contribution in [3.8, 4) is 17.5 Å². The van der Waals surface area contributed by atoms with Gasteiger partial charge in [0.15, 0.2) is 0 Å². The van der Waals surface area contributed by atoms with Crippen molar-refractivity contribution >= 4 is 22.9 Å². The lowest BCUT2D eigenvalue weighted by Crippen LogP contribution is -2.23. The van der Waals surface area contributed by atoms with Gasteiger partial charge in [0.1, 0.15) is 11.9 Å². The number of Topliss-reactive ketones (excluding diaryl/α,β-unsaturated/α-hetero) is 1. The van der Waals surface area contributed by atoms with Gasteiger partial charge in [-0.25, -0.2) is 4.52 Å². The summed E-state index contributed by atoms with van der Waals surface area (Å²) in [5.41, 5.74) is 3.83. The third-order valence-corrected chi connectivity index (χ3v) is 5.86.